The third kappa shape index (κ3) is 4.31. The van der Waals surface area contributed by atoms with Gasteiger partial charge in [-0.2, -0.15) is 0 Å². The van der Waals surface area contributed by atoms with E-state index in [-0.39, 0.29) is 29.9 Å². The Hall–Kier alpha value is -1.06. The van der Waals surface area contributed by atoms with E-state index in [1.54, 1.807) is 12.1 Å². The summed E-state index contributed by atoms with van der Waals surface area (Å²) in [6.45, 7) is 8.80. The van der Waals surface area contributed by atoms with Crippen LogP contribution in [-0.2, 0) is 0 Å². The average Bonchev–Trinajstić information content (AvgIpc) is 2.28. The summed E-state index contributed by atoms with van der Waals surface area (Å²) in [5.74, 6) is 0.286. The molecule has 18 heavy (non-hydrogen) atoms. The molecule has 3 N–H and O–H groups in total. The van der Waals surface area contributed by atoms with Crippen LogP contribution in [0.1, 0.15) is 45.7 Å². The second-order valence-corrected chi connectivity index (χ2v) is 5.91. The van der Waals surface area contributed by atoms with E-state index in [9.17, 15) is 5.11 Å². The summed E-state index contributed by atoms with van der Waals surface area (Å²) in [5, 5.41) is 22.0. The van der Waals surface area contributed by atoms with Gasteiger partial charge in [0.05, 0.1) is 0 Å². The molecule has 0 bridgehead atoms. The molecule has 0 heterocycles. The van der Waals surface area contributed by atoms with Gasteiger partial charge in [-0.1, -0.05) is 32.9 Å². The molecule has 2 unspecified atom stereocenters. The van der Waals surface area contributed by atoms with E-state index in [4.69, 9.17) is 5.11 Å². The van der Waals surface area contributed by atoms with Gasteiger partial charge in [0, 0.05) is 18.7 Å². The van der Waals surface area contributed by atoms with Gasteiger partial charge in [0.25, 0.3) is 0 Å². The fourth-order valence-electron chi connectivity index (χ4n) is 2.06. The summed E-state index contributed by atoms with van der Waals surface area (Å²) in [6, 6.07) is 7.70. The zero-order chi connectivity index (χ0) is 13.8. The number of nitrogens with one attached hydrogen (secondary N) is 1. The predicted octanol–water partition coefficient (Wildman–Crippen LogP) is 2.84. The summed E-state index contributed by atoms with van der Waals surface area (Å²) in [5.41, 5.74) is 1.24. The molecule has 3 heteroatoms. The third-order valence-corrected chi connectivity index (χ3v) is 3.31. The molecule has 0 radical (unpaired) electrons. The van der Waals surface area contributed by atoms with Crippen LogP contribution in [-0.4, -0.2) is 22.9 Å². The first-order valence-corrected chi connectivity index (χ1v) is 6.50. The van der Waals surface area contributed by atoms with Gasteiger partial charge < -0.3 is 15.5 Å². The molecule has 3 nitrogen and oxygen atoms in total. The molecule has 1 aromatic rings. The maximum atomic E-state index is 9.28. The Balaban J connectivity index is 2.72. The molecule has 2 atom stereocenters. The lowest BCUT2D eigenvalue weighted by Gasteiger charge is -2.34. The van der Waals surface area contributed by atoms with Crippen LogP contribution < -0.4 is 5.32 Å². The van der Waals surface area contributed by atoms with E-state index < -0.39 is 0 Å². The topological polar surface area (TPSA) is 52.5 Å². The highest BCUT2D eigenvalue weighted by Crippen LogP contribution is 2.25. The van der Waals surface area contributed by atoms with Crippen LogP contribution in [0.15, 0.2) is 24.3 Å². The van der Waals surface area contributed by atoms with Crippen LogP contribution in [0.25, 0.3) is 0 Å². The van der Waals surface area contributed by atoms with Crippen molar-refractivity contribution in [2.75, 3.05) is 6.61 Å². The number of aliphatic hydroxyl groups is 1. The number of phenolic OH excluding ortho intramolecular Hbond substituents is 1. The van der Waals surface area contributed by atoms with Crippen LogP contribution in [0.3, 0.4) is 0 Å². The number of benzene rings is 1. The number of hydrogen-bond donors (Lipinski definition) is 3. The van der Waals surface area contributed by atoms with Gasteiger partial charge in [0.2, 0.25) is 0 Å². The number of aromatic hydroxyl groups is 1. The molecular formula is C15H25NO2. The lowest BCUT2D eigenvalue weighted by Crippen LogP contribution is -2.42. The van der Waals surface area contributed by atoms with Gasteiger partial charge in [0.15, 0.2) is 0 Å². The molecular weight excluding hydrogens is 226 g/mol. The Labute approximate surface area is 110 Å². The van der Waals surface area contributed by atoms with Crippen molar-refractivity contribution in [3.05, 3.63) is 29.8 Å². The minimum Gasteiger partial charge on any atom is -0.508 e. The van der Waals surface area contributed by atoms with E-state index in [2.05, 4.69) is 33.0 Å². The van der Waals surface area contributed by atoms with Crippen molar-refractivity contribution >= 4 is 0 Å². The largest absolute Gasteiger partial charge is 0.508 e. The van der Waals surface area contributed by atoms with Crippen LogP contribution in [0.2, 0.25) is 0 Å². The van der Waals surface area contributed by atoms with Crippen LogP contribution in [0.5, 0.6) is 5.75 Å². The van der Waals surface area contributed by atoms with Gasteiger partial charge in [-0.15, -0.1) is 0 Å². The molecule has 0 aliphatic heterocycles. The maximum Gasteiger partial charge on any atom is 0.115 e. The molecule has 0 amide bonds. The zero-order valence-electron chi connectivity index (χ0n) is 11.8. The molecule has 0 saturated heterocycles. The summed E-state index contributed by atoms with van der Waals surface area (Å²) >= 11 is 0. The number of hydrogen-bond acceptors (Lipinski definition) is 3. The standard InChI is InChI=1S/C15H25NO2/c1-11(12-5-7-13(18)8-6-12)16-14(9-10-17)15(2,3)4/h5-8,11,14,16-18H,9-10H2,1-4H3. The molecule has 0 aliphatic carbocycles. The minimum atomic E-state index is 0.105. The molecule has 102 valence electrons. The van der Waals surface area contributed by atoms with Crippen LogP contribution in [0, 0.1) is 5.41 Å². The first-order valence-electron chi connectivity index (χ1n) is 6.50. The molecule has 0 aliphatic rings. The van der Waals surface area contributed by atoms with Crippen molar-refractivity contribution in [2.24, 2.45) is 5.41 Å². The Kier molecular flexibility index (Phi) is 5.17. The quantitative estimate of drug-likeness (QED) is 0.754. The second-order valence-electron chi connectivity index (χ2n) is 5.91. The van der Waals surface area contributed by atoms with E-state index in [0.717, 1.165) is 12.0 Å². The van der Waals surface area contributed by atoms with Gasteiger partial charge in [0.1, 0.15) is 5.75 Å². The Morgan fingerprint density at radius 2 is 1.72 bits per heavy atom. The highest BCUT2D eigenvalue weighted by atomic mass is 16.3. The van der Waals surface area contributed by atoms with E-state index >= 15 is 0 Å². The SMILES string of the molecule is CC(NC(CCO)C(C)(C)C)c1ccc(O)cc1. The highest BCUT2D eigenvalue weighted by molar-refractivity contribution is 5.27. The summed E-state index contributed by atoms with van der Waals surface area (Å²) in [4.78, 5) is 0. The van der Waals surface area contributed by atoms with E-state index in [0.29, 0.717) is 0 Å². The second kappa shape index (κ2) is 6.21. The highest BCUT2D eigenvalue weighted by Gasteiger charge is 2.25. The minimum absolute atomic E-state index is 0.105. The normalized spacial score (nSPS) is 15.4. The van der Waals surface area contributed by atoms with Crippen molar-refractivity contribution in [1.82, 2.24) is 5.32 Å². The van der Waals surface area contributed by atoms with Crippen LogP contribution >= 0.6 is 0 Å². The van der Waals surface area contributed by atoms with Crippen LogP contribution in [0.4, 0.5) is 0 Å². The third-order valence-electron chi connectivity index (χ3n) is 3.31. The van der Waals surface area contributed by atoms with Crippen molar-refractivity contribution < 1.29 is 10.2 Å². The lowest BCUT2D eigenvalue weighted by molar-refractivity contribution is 0.188. The first kappa shape index (κ1) is 15.0. The van der Waals surface area contributed by atoms with Crippen molar-refractivity contribution in [1.29, 1.82) is 0 Å². The predicted molar refractivity (Wildman–Crippen MR) is 74.6 cm³/mol. The summed E-state index contributed by atoms with van der Waals surface area (Å²) in [7, 11) is 0. The molecule has 0 saturated carbocycles. The Morgan fingerprint density at radius 1 is 1.17 bits per heavy atom. The maximum absolute atomic E-state index is 9.28. The fourth-order valence-corrected chi connectivity index (χ4v) is 2.06. The average molecular weight is 251 g/mol. The van der Waals surface area contributed by atoms with E-state index in [1.807, 2.05) is 12.1 Å². The van der Waals surface area contributed by atoms with Gasteiger partial charge in [-0.25, -0.2) is 0 Å². The molecule has 1 aromatic carbocycles. The lowest BCUT2D eigenvalue weighted by atomic mass is 9.84. The van der Waals surface area contributed by atoms with Gasteiger partial charge in [-0.3, -0.25) is 0 Å². The monoisotopic (exact) mass is 251 g/mol. The van der Waals surface area contributed by atoms with Crippen molar-refractivity contribution in [3.63, 3.8) is 0 Å². The molecule has 1 rings (SSSR count). The zero-order valence-corrected chi connectivity index (χ0v) is 11.8. The Bertz CT molecular complexity index is 354. The number of rotatable bonds is 5. The molecule has 0 spiro atoms. The summed E-state index contributed by atoms with van der Waals surface area (Å²) < 4.78 is 0. The summed E-state index contributed by atoms with van der Waals surface area (Å²) in [6.07, 6.45) is 0.742. The van der Waals surface area contributed by atoms with Gasteiger partial charge in [-0.05, 0) is 36.5 Å². The van der Waals surface area contributed by atoms with Crippen molar-refractivity contribution in [2.45, 2.75) is 46.2 Å². The number of aliphatic hydroxyl groups excluding tert-OH is 1. The molecule has 0 fully saturated rings. The van der Waals surface area contributed by atoms with Gasteiger partial charge >= 0.3 is 0 Å². The first-order chi connectivity index (χ1) is 8.34. The Morgan fingerprint density at radius 3 is 2.17 bits per heavy atom. The number of phenols is 1. The fraction of sp³-hybridized carbons (Fsp3) is 0.600. The smallest absolute Gasteiger partial charge is 0.115 e. The molecule has 0 aromatic heterocycles. The van der Waals surface area contributed by atoms with E-state index in [1.165, 1.54) is 0 Å². The van der Waals surface area contributed by atoms with Crippen molar-refractivity contribution in [3.8, 4) is 5.75 Å².